The minimum absolute atomic E-state index is 0.0657. The van der Waals surface area contributed by atoms with E-state index in [0.717, 1.165) is 12.8 Å². The van der Waals surface area contributed by atoms with Crippen LogP contribution in [0.1, 0.15) is 39.0 Å². The van der Waals surface area contributed by atoms with E-state index >= 15 is 0 Å². The lowest BCUT2D eigenvalue weighted by atomic mass is 9.86. The average Bonchev–Trinajstić information content (AvgIpc) is 2.75. The van der Waals surface area contributed by atoms with Crippen LogP contribution in [0, 0.1) is 16.7 Å². The molecule has 1 aliphatic rings. The molecule has 0 spiro atoms. The average molecular weight is 210 g/mol. The smallest absolute Gasteiger partial charge is 0.240 e. The predicted molar refractivity (Wildman–Crippen MR) is 55.8 cm³/mol. The standard InChI is InChI=1S/C11H18N2O2/c1-2-9(7-14)13-10(15)11(8-12)5-3-4-6-11/h9,14H,2-7H2,1H3,(H,13,15)/t9-/m1/s1. The van der Waals surface area contributed by atoms with Gasteiger partial charge in [-0.2, -0.15) is 5.26 Å². The quantitative estimate of drug-likeness (QED) is 0.725. The first-order valence-electron chi connectivity index (χ1n) is 5.51. The van der Waals surface area contributed by atoms with Crippen molar-refractivity contribution in [3.63, 3.8) is 0 Å². The van der Waals surface area contributed by atoms with Gasteiger partial charge in [-0.1, -0.05) is 19.8 Å². The highest BCUT2D eigenvalue weighted by molar-refractivity contribution is 5.85. The van der Waals surface area contributed by atoms with Crippen LogP contribution in [-0.2, 0) is 4.79 Å². The number of carbonyl (C=O) groups is 1. The molecule has 1 atom stereocenters. The zero-order chi connectivity index (χ0) is 11.3. The summed E-state index contributed by atoms with van der Waals surface area (Å²) < 4.78 is 0. The van der Waals surface area contributed by atoms with Crippen molar-refractivity contribution in [1.29, 1.82) is 5.26 Å². The van der Waals surface area contributed by atoms with E-state index in [9.17, 15) is 4.79 Å². The van der Waals surface area contributed by atoms with Crippen molar-refractivity contribution >= 4 is 5.91 Å². The molecule has 84 valence electrons. The molecule has 0 aromatic rings. The Balaban J connectivity index is 2.62. The highest BCUT2D eigenvalue weighted by Crippen LogP contribution is 2.37. The van der Waals surface area contributed by atoms with E-state index in [1.165, 1.54) is 0 Å². The zero-order valence-corrected chi connectivity index (χ0v) is 9.12. The molecular formula is C11H18N2O2. The Morgan fingerprint density at radius 3 is 2.60 bits per heavy atom. The van der Waals surface area contributed by atoms with Gasteiger partial charge in [-0.05, 0) is 19.3 Å². The summed E-state index contributed by atoms with van der Waals surface area (Å²) in [6.45, 7) is 1.83. The summed E-state index contributed by atoms with van der Waals surface area (Å²) in [6, 6.07) is 1.92. The lowest BCUT2D eigenvalue weighted by molar-refractivity contribution is -0.129. The van der Waals surface area contributed by atoms with Gasteiger partial charge in [0.25, 0.3) is 0 Å². The number of nitrogens with one attached hydrogen (secondary N) is 1. The first-order valence-corrected chi connectivity index (χ1v) is 5.51. The first kappa shape index (κ1) is 12.0. The molecule has 1 fully saturated rings. The van der Waals surface area contributed by atoms with Crippen LogP contribution in [0.15, 0.2) is 0 Å². The predicted octanol–water partition coefficient (Wildman–Crippen LogP) is 0.957. The monoisotopic (exact) mass is 210 g/mol. The van der Waals surface area contributed by atoms with Crippen molar-refractivity contribution in [3.05, 3.63) is 0 Å². The van der Waals surface area contributed by atoms with Crippen LogP contribution in [0.5, 0.6) is 0 Å². The van der Waals surface area contributed by atoms with Gasteiger partial charge in [0.1, 0.15) is 5.41 Å². The van der Waals surface area contributed by atoms with Gasteiger partial charge < -0.3 is 10.4 Å². The van der Waals surface area contributed by atoms with E-state index in [0.29, 0.717) is 19.3 Å². The molecule has 2 N–H and O–H groups in total. The number of nitrogens with zero attached hydrogens (tertiary/aromatic N) is 1. The van der Waals surface area contributed by atoms with E-state index in [4.69, 9.17) is 10.4 Å². The molecule has 1 aliphatic carbocycles. The van der Waals surface area contributed by atoms with E-state index in [1.807, 2.05) is 6.92 Å². The molecule has 1 rings (SSSR count). The van der Waals surface area contributed by atoms with Crippen LogP contribution in [0.3, 0.4) is 0 Å². The zero-order valence-electron chi connectivity index (χ0n) is 9.12. The number of carbonyl (C=O) groups excluding carboxylic acids is 1. The van der Waals surface area contributed by atoms with E-state index in [2.05, 4.69) is 11.4 Å². The Kier molecular flexibility index (Phi) is 4.10. The second-order valence-corrected chi connectivity index (χ2v) is 4.16. The molecule has 0 aromatic carbocycles. The normalized spacial score (nSPS) is 20.6. The molecule has 0 saturated heterocycles. The Morgan fingerprint density at radius 2 is 2.20 bits per heavy atom. The van der Waals surface area contributed by atoms with Gasteiger partial charge in [-0.25, -0.2) is 0 Å². The number of rotatable bonds is 4. The fraction of sp³-hybridized carbons (Fsp3) is 0.818. The van der Waals surface area contributed by atoms with Crippen molar-refractivity contribution in [2.75, 3.05) is 6.61 Å². The molecule has 0 heterocycles. The van der Waals surface area contributed by atoms with Crippen LogP contribution in [0.4, 0.5) is 0 Å². The third-order valence-corrected chi connectivity index (χ3v) is 3.15. The van der Waals surface area contributed by atoms with Crippen LogP contribution < -0.4 is 5.32 Å². The molecule has 0 radical (unpaired) electrons. The summed E-state index contributed by atoms with van der Waals surface area (Å²) >= 11 is 0. The summed E-state index contributed by atoms with van der Waals surface area (Å²) in [5.74, 6) is -0.205. The maximum absolute atomic E-state index is 11.9. The van der Waals surface area contributed by atoms with Crippen LogP contribution in [0.2, 0.25) is 0 Å². The lowest BCUT2D eigenvalue weighted by Gasteiger charge is -2.22. The number of nitriles is 1. The second-order valence-electron chi connectivity index (χ2n) is 4.16. The molecule has 1 amide bonds. The van der Waals surface area contributed by atoms with Crippen molar-refractivity contribution in [3.8, 4) is 6.07 Å². The minimum Gasteiger partial charge on any atom is -0.394 e. The number of hydrogen-bond acceptors (Lipinski definition) is 3. The molecule has 15 heavy (non-hydrogen) atoms. The molecule has 4 heteroatoms. The van der Waals surface area contributed by atoms with Gasteiger partial charge in [0.05, 0.1) is 18.7 Å². The van der Waals surface area contributed by atoms with Gasteiger partial charge in [-0.3, -0.25) is 4.79 Å². The molecule has 4 nitrogen and oxygen atoms in total. The number of aliphatic hydroxyl groups is 1. The summed E-state index contributed by atoms with van der Waals surface area (Å²) in [5.41, 5.74) is -0.831. The highest BCUT2D eigenvalue weighted by atomic mass is 16.3. The van der Waals surface area contributed by atoms with Gasteiger partial charge in [-0.15, -0.1) is 0 Å². The molecule has 0 bridgehead atoms. The van der Waals surface area contributed by atoms with Crippen LogP contribution >= 0.6 is 0 Å². The third-order valence-electron chi connectivity index (χ3n) is 3.15. The fourth-order valence-electron chi connectivity index (χ4n) is 1.97. The highest BCUT2D eigenvalue weighted by Gasteiger charge is 2.41. The number of amides is 1. The van der Waals surface area contributed by atoms with Crippen molar-refractivity contribution in [2.45, 2.75) is 45.1 Å². The van der Waals surface area contributed by atoms with E-state index < -0.39 is 5.41 Å². The Morgan fingerprint density at radius 1 is 1.60 bits per heavy atom. The SMILES string of the molecule is CC[C@H](CO)NC(=O)C1(C#N)CCCC1. The van der Waals surface area contributed by atoms with Gasteiger partial charge in [0, 0.05) is 0 Å². The number of hydrogen-bond donors (Lipinski definition) is 2. The van der Waals surface area contributed by atoms with Crippen molar-refractivity contribution in [2.24, 2.45) is 5.41 Å². The topological polar surface area (TPSA) is 73.1 Å². The van der Waals surface area contributed by atoms with E-state index in [-0.39, 0.29) is 18.6 Å². The van der Waals surface area contributed by atoms with Crippen LogP contribution in [-0.4, -0.2) is 23.7 Å². The Hall–Kier alpha value is -1.08. The van der Waals surface area contributed by atoms with Crippen molar-refractivity contribution in [1.82, 2.24) is 5.32 Å². The third kappa shape index (κ3) is 2.48. The summed E-state index contributed by atoms with van der Waals surface area (Å²) in [5, 5.41) is 20.8. The van der Waals surface area contributed by atoms with Gasteiger partial charge in [0.2, 0.25) is 5.91 Å². The minimum atomic E-state index is -0.831. The van der Waals surface area contributed by atoms with Gasteiger partial charge >= 0.3 is 0 Å². The fourth-order valence-corrected chi connectivity index (χ4v) is 1.97. The maximum Gasteiger partial charge on any atom is 0.240 e. The van der Waals surface area contributed by atoms with Gasteiger partial charge in [0.15, 0.2) is 0 Å². The molecular weight excluding hydrogens is 192 g/mol. The molecule has 0 unspecified atom stereocenters. The maximum atomic E-state index is 11.9. The number of aliphatic hydroxyl groups excluding tert-OH is 1. The largest absolute Gasteiger partial charge is 0.394 e. The van der Waals surface area contributed by atoms with Crippen LogP contribution in [0.25, 0.3) is 0 Å². The lowest BCUT2D eigenvalue weighted by Crippen LogP contribution is -2.45. The first-order chi connectivity index (χ1) is 7.18. The summed E-state index contributed by atoms with van der Waals surface area (Å²) in [4.78, 5) is 11.9. The molecule has 0 aliphatic heterocycles. The molecule has 0 aromatic heterocycles. The van der Waals surface area contributed by atoms with E-state index in [1.54, 1.807) is 0 Å². The summed E-state index contributed by atoms with van der Waals surface area (Å²) in [7, 11) is 0. The molecule has 1 saturated carbocycles. The Bertz CT molecular complexity index is 260. The Labute approximate surface area is 90.3 Å². The van der Waals surface area contributed by atoms with Crippen molar-refractivity contribution < 1.29 is 9.90 Å². The summed E-state index contributed by atoms with van der Waals surface area (Å²) in [6.07, 6.45) is 3.87. The second kappa shape index (κ2) is 5.13.